The van der Waals surface area contributed by atoms with Crippen molar-refractivity contribution < 1.29 is 9.53 Å². The van der Waals surface area contributed by atoms with Crippen LogP contribution < -0.4 is 0 Å². The van der Waals surface area contributed by atoms with E-state index < -0.39 is 5.97 Å². The number of hydrogen-bond acceptors (Lipinski definition) is 7. The van der Waals surface area contributed by atoms with Gasteiger partial charge in [-0.1, -0.05) is 17.8 Å². The summed E-state index contributed by atoms with van der Waals surface area (Å²) in [6.07, 6.45) is 3.90. The van der Waals surface area contributed by atoms with Crippen LogP contribution in [0.2, 0.25) is 0 Å². The van der Waals surface area contributed by atoms with Crippen molar-refractivity contribution in [2.75, 3.05) is 7.11 Å². The van der Waals surface area contributed by atoms with Crippen LogP contribution in [-0.4, -0.2) is 42.7 Å². The summed E-state index contributed by atoms with van der Waals surface area (Å²) in [5.41, 5.74) is 1.81. The van der Waals surface area contributed by atoms with Gasteiger partial charge in [-0.25, -0.2) is 9.67 Å². The summed E-state index contributed by atoms with van der Waals surface area (Å²) >= 11 is 1.42. The maximum absolute atomic E-state index is 11.3. The highest BCUT2D eigenvalue weighted by atomic mass is 32.2. The Labute approximate surface area is 124 Å². The van der Waals surface area contributed by atoms with Gasteiger partial charge in [-0.2, -0.15) is 0 Å². The molecule has 9 heteroatoms. The number of fused-ring (bicyclic) bond motifs is 1. The minimum Gasteiger partial charge on any atom is -0.468 e. The third kappa shape index (κ3) is 3.02. The van der Waals surface area contributed by atoms with Crippen molar-refractivity contribution in [3.63, 3.8) is 0 Å². The fourth-order valence-electron chi connectivity index (χ4n) is 1.78. The molecule has 0 saturated carbocycles. The van der Waals surface area contributed by atoms with Crippen LogP contribution in [0.15, 0.2) is 35.7 Å². The summed E-state index contributed by atoms with van der Waals surface area (Å²) in [6, 6.07) is 5.83. The number of carbonyl (C=O) groups is 1. The lowest BCUT2D eigenvalue weighted by atomic mass is 10.5. The zero-order chi connectivity index (χ0) is 14.7. The summed E-state index contributed by atoms with van der Waals surface area (Å²) in [4.78, 5) is 15.8. The van der Waals surface area contributed by atoms with Gasteiger partial charge >= 0.3 is 5.97 Å². The Bertz CT molecular complexity index is 735. The lowest BCUT2D eigenvalue weighted by Gasteiger charge is -2.01. The van der Waals surface area contributed by atoms with Crippen LogP contribution in [-0.2, 0) is 21.8 Å². The van der Waals surface area contributed by atoms with Crippen molar-refractivity contribution in [2.45, 2.75) is 17.5 Å². The summed E-state index contributed by atoms with van der Waals surface area (Å²) in [7, 11) is 1.33. The maximum Gasteiger partial charge on any atom is 0.327 e. The van der Waals surface area contributed by atoms with Crippen molar-refractivity contribution in [1.29, 1.82) is 0 Å². The average Bonchev–Trinajstić information content (AvgIpc) is 3.10. The van der Waals surface area contributed by atoms with Crippen molar-refractivity contribution in [3.05, 3.63) is 36.3 Å². The second-order valence-corrected chi connectivity index (χ2v) is 5.12. The number of hydrogen-bond donors (Lipinski definition) is 0. The Kier molecular flexibility index (Phi) is 3.82. The van der Waals surface area contributed by atoms with Crippen LogP contribution in [0.25, 0.3) is 5.65 Å². The van der Waals surface area contributed by atoms with E-state index in [0.717, 1.165) is 11.3 Å². The Morgan fingerprint density at radius 2 is 2.33 bits per heavy atom. The molecule has 0 aliphatic rings. The highest BCUT2D eigenvalue weighted by Gasteiger charge is 2.12. The summed E-state index contributed by atoms with van der Waals surface area (Å²) < 4.78 is 7.96. The molecular weight excluding hydrogens is 292 g/mol. The van der Waals surface area contributed by atoms with E-state index in [0.29, 0.717) is 10.9 Å². The molecule has 0 saturated heterocycles. The Hall–Kier alpha value is -2.42. The number of thioether (sulfide) groups is 1. The number of methoxy groups -OCH3 is 1. The first-order valence-corrected chi connectivity index (χ1v) is 7.13. The number of ether oxygens (including phenoxy) is 1. The predicted molar refractivity (Wildman–Crippen MR) is 74.6 cm³/mol. The maximum atomic E-state index is 11.3. The fourth-order valence-corrected chi connectivity index (χ4v) is 2.54. The molecule has 0 N–H and O–H groups in total. The van der Waals surface area contributed by atoms with Crippen LogP contribution in [0.1, 0.15) is 5.69 Å². The lowest BCUT2D eigenvalue weighted by Crippen LogP contribution is -2.13. The number of nitrogens with zero attached hydrogens (tertiary/aromatic N) is 6. The second-order valence-electron chi connectivity index (χ2n) is 4.18. The van der Waals surface area contributed by atoms with Crippen molar-refractivity contribution >= 4 is 23.4 Å². The van der Waals surface area contributed by atoms with E-state index in [9.17, 15) is 4.79 Å². The molecular formula is C12H12N6O2S. The van der Waals surface area contributed by atoms with E-state index in [1.165, 1.54) is 23.6 Å². The SMILES string of the molecule is COC(=O)Cn1nnnc1SCc1cn2ccccc2n1. The molecule has 3 aromatic rings. The van der Waals surface area contributed by atoms with E-state index in [2.05, 4.69) is 25.2 Å². The largest absolute Gasteiger partial charge is 0.468 e. The number of esters is 1. The van der Waals surface area contributed by atoms with E-state index >= 15 is 0 Å². The monoisotopic (exact) mass is 304 g/mol. The predicted octanol–water partition coefficient (Wildman–Crippen LogP) is 0.786. The average molecular weight is 304 g/mol. The zero-order valence-corrected chi connectivity index (χ0v) is 12.0. The number of tetrazole rings is 1. The Morgan fingerprint density at radius 3 is 3.14 bits per heavy atom. The number of rotatable bonds is 5. The van der Waals surface area contributed by atoms with Crippen LogP contribution in [0, 0.1) is 0 Å². The van der Waals surface area contributed by atoms with Crippen LogP contribution >= 0.6 is 11.8 Å². The van der Waals surface area contributed by atoms with Crippen molar-refractivity contribution in [2.24, 2.45) is 0 Å². The minimum absolute atomic E-state index is 0.00298. The molecule has 21 heavy (non-hydrogen) atoms. The summed E-state index contributed by atoms with van der Waals surface area (Å²) in [5.74, 6) is 0.223. The van der Waals surface area contributed by atoms with E-state index in [-0.39, 0.29) is 6.54 Å². The van der Waals surface area contributed by atoms with Gasteiger partial charge in [-0.05, 0) is 22.6 Å². The smallest absolute Gasteiger partial charge is 0.327 e. The minimum atomic E-state index is -0.392. The third-order valence-electron chi connectivity index (χ3n) is 2.77. The van der Waals surface area contributed by atoms with E-state index in [1.54, 1.807) is 0 Å². The van der Waals surface area contributed by atoms with Crippen LogP contribution in [0.5, 0.6) is 0 Å². The first-order chi connectivity index (χ1) is 10.3. The highest BCUT2D eigenvalue weighted by molar-refractivity contribution is 7.98. The topological polar surface area (TPSA) is 87.2 Å². The van der Waals surface area contributed by atoms with Gasteiger partial charge < -0.3 is 9.14 Å². The molecule has 0 aliphatic carbocycles. The Balaban J connectivity index is 1.70. The molecule has 0 bridgehead atoms. The van der Waals surface area contributed by atoms with Crippen LogP contribution in [0.4, 0.5) is 0 Å². The first-order valence-electron chi connectivity index (χ1n) is 6.14. The zero-order valence-electron chi connectivity index (χ0n) is 11.2. The molecule has 0 unspecified atom stereocenters. The van der Waals surface area contributed by atoms with Gasteiger partial charge in [0.25, 0.3) is 0 Å². The normalized spacial score (nSPS) is 10.9. The highest BCUT2D eigenvalue weighted by Crippen LogP contribution is 2.19. The third-order valence-corrected chi connectivity index (χ3v) is 3.76. The van der Waals surface area contributed by atoms with Gasteiger partial charge in [0.05, 0.1) is 12.8 Å². The molecule has 0 fully saturated rings. The molecule has 0 atom stereocenters. The molecule has 0 spiro atoms. The Morgan fingerprint density at radius 1 is 1.43 bits per heavy atom. The first kappa shape index (κ1) is 13.6. The van der Waals surface area contributed by atoms with E-state index in [4.69, 9.17) is 0 Å². The van der Waals surface area contributed by atoms with Crippen LogP contribution in [0.3, 0.4) is 0 Å². The van der Waals surface area contributed by atoms with Gasteiger partial charge in [0.15, 0.2) is 0 Å². The molecule has 3 aromatic heterocycles. The second kappa shape index (κ2) is 5.92. The van der Waals surface area contributed by atoms with Gasteiger partial charge in [0, 0.05) is 18.1 Å². The van der Waals surface area contributed by atoms with Gasteiger partial charge in [0.1, 0.15) is 12.2 Å². The molecule has 0 aromatic carbocycles. The van der Waals surface area contributed by atoms with Crippen molar-refractivity contribution in [3.8, 4) is 0 Å². The number of pyridine rings is 1. The standard InChI is InChI=1S/C12H12N6O2S/c1-20-11(19)7-18-12(14-15-16-18)21-8-9-6-17-5-3-2-4-10(17)13-9/h2-6H,7-8H2,1H3. The van der Waals surface area contributed by atoms with Gasteiger partial charge in [0.2, 0.25) is 5.16 Å². The lowest BCUT2D eigenvalue weighted by molar-refractivity contribution is -0.141. The van der Waals surface area contributed by atoms with Gasteiger partial charge in [-0.15, -0.1) is 5.10 Å². The molecule has 3 rings (SSSR count). The van der Waals surface area contributed by atoms with E-state index in [1.807, 2.05) is 35.0 Å². The summed E-state index contributed by atoms with van der Waals surface area (Å²) in [6.45, 7) is -0.00298. The molecule has 108 valence electrons. The summed E-state index contributed by atoms with van der Waals surface area (Å²) in [5, 5.41) is 11.8. The van der Waals surface area contributed by atoms with Gasteiger partial charge in [-0.3, -0.25) is 4.79 Å². The number of imidazole rings is 1. The van der Waals surface area contributed by atoms with Crippen molar-refractivity contribution in [1.82, 2.24) is 29.6 Å². The molecule has 8 nitrogen and oxygen atoms in total. The number of carbonyl (C=O) groups excluding carboxylic acids is 1. The fraction of sp³-hybridized carbons (Fsp3) is 0.250. The molecule has 0 amide bonds. The molecule has 0 aliphatic heterocycles. The molecule has 3 heterocycles. The number of aromatic nitrogens is 6. The quantitative estimate of drug-likeness (QED) is 0.508. The molecule has 0 radical (unpaired) electrons.